The first-order valence-electron chi connectivity index (χ1n) is 5.19. The van der Waals surface area contributed by atoms with Gasteiger partial charge in [-0.1, -0.05) is 13.8 Å². The van der Waals surface area contributed by atoms with Crippen LogP contribution in [-0.4, -0.2) is 22.7 Å². The molecule has 0 aliphatic rings. The predicted molar refractivity (Wildman–Crippen MR) is 58.0 cm³/mol. The maximum atomic E-state index is 9.58. The first kappa shape index (κ1) is 11.3. The molecule has 3 heteroatoms. The van der Waals surface area contributed by atoms with E-state index < -0.39 is 0 Å². The van der Waals surface area contributed by atoms with Gasteiger partial charge >= 0.3 is 0 Å². The lowest BCUT2D eigenvalue weighted by Gasteiger charge is -2.13. The molecule has 1 rings (SSSR count). The van der Waals surface area contributed by atoms with Crippen molar-refractivity contribution in [2.75, 3.05) is 6.54 Å². The molecule has 0 bridgehead atoms. The van der Waals surface area contributed by atoms with E-state index in [4.69, 9.17) is 0 Å². The molecule has 1 heterocycles. The van der Waals surface area contributed by atoms with E-state index in [9.17, 15) is 5.11 Å². The highest BCUT2D eigenvalue weighted by molar-refractivity contribution is 5.02. The lowest BCUT2D eigenvalue weighted by molar-refractivity contribution is 0.146. The SMILES string of the molecule is CC(C)CC(O)CNCc1ccc[nH]1. The summed E-state index contributed by atoms with van der Waals surface area (Å²) >= 11 is 0. The van der Waals surface area contributed by atoms with E-state index in [-0.39, 0.29) is 6.10 Å². The van der Waals surface area contributed by atoms with Crippen molar-refractivity contribution in [1.29, 1.82) is 0 Å². The molecule has 3 N–H and O–H groups in total. The van der Waals surface area contributed by atoms with Crippen molar-refractivity contribution in [3.8, 4) is 0 Å². The Bertz CT molecular complexity index is 231. The van der Waals surface area contributed by atoms with Crippen molar-refractivity contribution in [2.45, 2.75) is 32.9 Å². The third-order valence-corrected chi connectivity index (χ3v) is 2.10. The maximum absolute atomic E-state index is 9.58. The Morgan fingerprint density at radius 1 is 1.50 bits per heavy atom. The summed E-state index contributed by atoms with van der Waals surface area (Å²) < 4.78 is 0. The molecule has 1 atom stereocenters. The van der Waals surface area contributed by atoms with Crippen LogP contribution in [0.15, 0.2) is 18.3 Å². The van der Waals surface area contributed by atoms with E-state index in [1.165, 1.54) is 0 Å². The lowest BCUT2D eigenvalue weighted by Crippen LogP contribution is -2.27. The van der Waals surface area contributed by atoms with Gasteiger partial charge in [0.05, 0.1) is 6.10 Å². The summed E-state index contributed by atoms with van der Waals surface area (Å²) in [5.41, 5.74) is 1.15. The molecule has 3 nitrogen and oxygen atoms in total. The van der Waals surface area contributed by atoms with Gasteiger partial charge in [-0.05, 0) is 24.5 Å². The van der Waals surface area contributed by atoms with Crippen molar-refractivity contribution in [3.63, 3.8) is 0 Å². The van der Waals surface area contributed by atoms with Gasteiger partial charge in [0.1, 0.15) is 0 Å². The summed E-state index contributed by atoms with van der Waals surface area (Å²) in [7, 11) is 0. The zero-order valence-electron chi connectivity index (χ0n) is 8.96. The van der Waals surface area contributed by atoms with Crippen LogP contribution in [-0.2, 0) is 6.54 Å². The number of nitrogens with one attached hydrogen (secondary N) is 2. The summed E-state index contributed by atoms with van der Waals surface area (Å²) in [5, 5.41) is 12.8. The number of aliphatic hydroxyl groups is 1. The zero-order chi connectivity index (χ0) is 10.4. The van der Waals surface area contributed by atoms with Crippen molar-refractivity contribution in [3.05, 3.63) is 24.0 Å². The predicted octanol–water partition coefficient (Wildman–Crippen LogP) is 1.51. The zero-order valence-corrected chi connectivity index (χ0v) is 8.96. The molecule has 1 unspecified atom stereocenters. The largest absolute Gasteiger partial charge is 0.392 e. The fourth-order valence-corrected chi connectivity index (χ4v) is 1.48. The molecule has 0 saturated carbocycles. The standard InChI is InChI=1S/C11H20N2O/c1-9(2)6-11(14)8-12-7-10-4-3-5-13-10/h3-5,9,11-14H,6-8H2,1-2H3. The minimum Gasteiger partial charge on any atom is -0.392 e. The van der Waals surface area contributed by atoms with Crippen LogP contribution in [0.4, 0.5) is 0 Å². The Balaban J connectivity index is 2.09. The van der Waals surface area contributed by atoms with E-state index in [2.05, 4.69) is 24.1 Å². The third-order valence-electron chi connectivity index (χ3n) is 2.10. The quantitative estimate of drug-likeness (QED) is 0.646. The molecule has 0 aliphatic carbocycles. The number of hydrogen-bond acceptors (Lipinski definition) is 2. The second-order valence-corrected chi connectivity index (χ2v) is 4.11. The number of aromatic nitrogens is 1. The minimum atomic E-state index is -0.232. The molecule has 0 amide bonds. The van der Waals surface area contributed by atoms with Crippen LogP contribution >= 0.6 is 0 Å². The maximum Gasteiger partial charge on any atom is 0.0667 e. The summed E-state index contributed by atoms with van der Waals surface area (Å²) in [5.74, 6) is 0.553. The number of aliphatic hydroxyl groups excluding tert-OH is 1. The van der Waals surface area contributed by atoms with Gasteiger partial charge in [0.25, 0.3) is 0 Å². The molecular weight excluding hydrogens is 176 g/mol. The first-order chi connectivity index (χ1) is 6.68. The van der Waals surface area contributed by atoms with Crippen molar-refractivity contribution in [1.82, 2.24) is 10.3 Å². The molecule has 0 aromatic carbocycles. The second kappa shape index (κ2) is 5.83. The second-order valence-electron chi connectivity index (χ2n) is 4.11. The van der Waals surface area contributed by atoms with Gasteiger partial charge in [0.2, 0.25) is 0 Å². The Morgan fingerprint density at radius 3 is 2.86 bits per heavy atom. The highest BCUT2D eigenvalue weighted by Crippen LogP contribution is 2.03. The minimum absolute atomic E-state index is 0.232. The number of hydrogen-bond donors (Lipinski definition) is 3. The molecule has 1 aromatic heterocycles. The van der Waals surface area contributed by atoms with E-state index in [1.54, 1.807) is 0 Å². The Labute approximate surface area is 85.5 Å². The highest BCUT2D eigenvalue weighted by atomic mass is 16.3. The van der Waals surface area contributed by atoms with Crippen LogP contribution in [0.3, 0.4) is 0 Å². The van der Waals surface area contributed by atoms with Crippen LogP contribution in [0.5, 0.6) is 0 Å². The highest BCUT2D eigenvalue weighted by Gasteiger charge is 2.05. The van der Waals surface area contributed by atoms with Crippen LogP contribution in [0, 0.1) is 5.92 Å². The van der Waals surface area contributed by atoms with Gasteiger partial charge in [-0.25, -0.2) is 0 Å². The smallest absolute Gasteiger partial charge is 0.0667 e. The summed E-state index contributed by atoms with van der Waals surface area (Å²) in [4.78, 5) is 3.11. The fourth-order valence-electron chi connectivity index (χ4n) is 1.48. The third kappa shape index (κ3) is 4.44. The monoisotopic (exact) mass is 196 g/mol. The van der Waals surface area contributed by atoms with Crippen molar-refractivity contribution in [2.24, 2.45) is 5.92 Å². The van der Waals surface area contributed by atoms with Crippen molar-refractivity contribution < 1.29 is 5.11 Å². The van der Waals surface area contributed by atoms with Gasteiger partial charge in [-0.3, -0.25) is 0 Å². The summed E-state index contributed by atoms with van der Waals surface area (Å²) in [6.45, 7) is 5.70. The molecule has 80 valence electrons. The average molecular weight is 196 g/mol. The number of H-pyrrole nitrogens is 1. The van der Waals surface area contributed by atoms with Gasteiger partial charge in [-0.15, -0.1) is 0 Å². The molecular formula is C11H20N2O. The molecule has 1 aromatic rings. The lowest BCUT2D eigenvalue weighted by atomic mass is 10.1. The Kier molecular flexibility index (Phi) is 4.70. The number of aromatic amines is 1. The van der Waals surface area contributed by atoms with Gasteiger partial charge in [0, 0.05) is 25.0 Å². The summed E-state index contributed by atoms with van der Waals surface area (Å²) in [6, 6.07) is 4.00. The van der Waals surface area contributed by atoms with Gasteiger partial charge < -0.3 is 15.4 Å². The molecule has 0 aliphatic heterocycles. The van der Waals surface area contributed by atoms with Gasteiger partial charge in [0.15, 0.2) is 0 Å². The molecule has 0 radical (unpaired) electrons. The fraction of sp³-hybridized carbons (Fsp3) is 0.636. The molecule has 14 heavy (non-hydrogen) atoms. The molecule has 0 fully saturated rings. The van der Waals surface area contributed by atoms with Gasteiger partial charge in [-0.2, -0.15) is 0 Å². The average Bonchev–Trinajstić information content (AvgIpc) is 2.55. The normalized spacial score (nSPS) is 13.4. The van der Waals surface area contributed by atoms with E-state index in [0.29, 0.717) is 12.5 Å². The Morgan fingerprint density at radius 2 is 2.29 bits per heavy atom. The van der Waals surface area contributed by atoms with E-state index in [0.717, 1.165) is 18.7 Å². The first-order valence-corrected chi connectivity index (χ1v) is 5.19. The van der Waals surface area contributed by atoms with Crippen LogP contribution in [0.25, 0.3) is 0 Å². The van der Waals surface area contributed by atoms with E-state index >= 15 is 0 Å². The molecule has 0 saturated heterocycles. The summed E-state index contributed by atoms with van der Waals surface area (Å²) in [6.07, 6.45) is 2.53. The van der Waals surface area contributed by atoms with Crippen LogP contribution in [0.1, 0.15) is 26.0 Å². The van der Waals surface area contributed by atoms with Crippen molar-refractivity contribution >= 4 is 0 Å². The topological polar surface area (TPSA) is 48.0 Å². The number of rotatable bonds is 6. The molecule has 0 spiro atoms. The van der Waals surface area contributed by atoms with Crippen LogP contribution < -0.4 is 5.32 Å². The van der Waals surface area contributed by atoms with E-state index in [1.807, 2.05) is 18.3 Å². The Hall–Kier alpha value is -0.800. The van der Waals surface area contributed by atoms with Crippen LogP contribution in [0.2, 0.25) is 0 Å².